The Kier molecular flexibility index (Phi) is 6.30. The molecule has 3 aliphatic carbocycles. The summed E-state index contributed by atoms with van der Waals surface area (Å²) in [6, 6.07) is 0.616. The highest BCUT2D eigenvalue weighted by molar-refractivity contribution is 5.96. The van der Waals surface area contributed by atoms with Gasteiger partial charge in [-0.2, -0.15) is 0 Å². The van der Waals surface area contributed by atoms with Crippen LogP contribution in [0.15, 0.2) is 10.6 Å². The average molecular weight is 476 g/mol. The largest absolute Gasteiger partial charge is 0.442 e. The lowest BCUT2D eigenvalue weighted by Crippen LogP contribution is -2.60. The van der Waals surface area contributed by atoms with Crippen LogP contribution in [0.2, 0.25) is 0 Å². The molecule has 5 rings (SSSR count). The Bertz CT molecular complexity index is 966. The van der Waals surface area contributed by atoms with E-state index >= 15 is 0 Å². The maximum absolute atomic E-state index is 13.4. The fraction of sp³-hybridized carbons (Fsp3) is 0.696. The molecule has 1 aromatic rings. The van der Waals surface area contributed by atoms with Gasteiger partial charge in [0.05, 0.1) is 12.5 Å². The predicted molar refractivity (Wildman–Crippen MR) is 119 cm³/mol. The normalized spacial score (nSPS) is 25.9. The minimum atomic E-state index is -0.881. The van der Waals surface area contributed by atoms with Gasteiger partial charge >= 0.3 is 6.09 Å². The van der Waals surface area contributed by atoms with Crippen molar-refractivity contribution in [3.63, 3.8) is 0 Å². The second-order valence-electron chi connectivity index (χ2n) is 10.9. The summed E-state index contributed by atoms with van der Waals surface area (Å²) in [5, 5.41) is 10.3. The molecule has 2 bridgehead atoms. The SMILES string of the molecule is Cc1cc(C(=O)NC(CC23CC(C2)C3)C(=O)NN(CC2CCNC2=O)C(=O)OC(C)(C)C)no1. The van der Waals surface area contributed by atoms with Crippen LogP contribution in [0.3, 0.4) is 0 Å². The third-order valence-electron chi connectivity index (χ3n) is 6.71. The Morgan fingerprint density at radius 2 is 2.03 bits per heavy atom. The summed E-state index contributed by atoms with van der Waals surface area (Å²) in [7, 11) is 0. The third-order valence-corrected chi connectivity index (χ3v) is 6.71. The minimum Gasteiger partial charge on any atom is -0.442 e. The van der Waals surface area contributed by atoms with Crippen LogP contribution in [-0.4, -0.2) is 58.7 Å². The van der Waals surface area contributed by atoms with E-state index in [4.69, 9.17) is 9.26 Å². The van der Waals surface area contributed by atoms with Crippen molar-refractivity contribution < 1.29 is 28.4 Å². The van der Waals surface area contributed by atoms with Crippen LogP contribution >= 0.6 is 0 Å². The number of carbonyl (C=O) groups is 4. The number of rotatable bonds is 7. The molecular weight excluding hydrogens is 442 g/mol. The number of hydrogen-bond acceptors (Lipinski definition) is 7. The molecular formula is C23H33N5O6. The highest BCUT2D eigenvalue weighted by Crippen LogP contribution is 2.66. The summed E-state index contributed by atoms with van der Waals surface area (Å²) in [6.07, 6.45) is 3.35. The van der Waals surface area contributed by atoms with E-state index in [1.807, 2.05) is 0 Å². The molecule has 0 aromatic carbocycles. The molecule has 34 heavy (non-hydrogen) atoms. The van der Waals surface area contributed by atoms with Crippen molar-refractivity contribution in [3.8, 4) is 0 Å². The Hall–Kier alpha value is -3.11. The fourth-order valence-electron chi connectivity index (χ4n) is 4.99. The number of hydrazine groups is 1. The molecule has 0 spiro atoms. The first-order chi connectivity index (χ1) is 15.9. The lowest BCUT2D eigenvalue weighted by molar-refractivity contribution is -0.140. The zero-order valence-electron chi connectivity index (χ0n) is 20.1. The summed E-state index contributed by atoms with van der Waals surface area (Å²) < 4.78 is 10.4. The van der Waals surface area contributed by atoms with Crippen LogP contribution < -0.4 is 16.1 Å². The standard InChI is InChI=1S/C23H33N5O6/c1-13-7-16(27-34-13)19(30)25-17(11-23-8-14(9-23)10-23)20(31)26-28(21(32)33-22(2,3)4)12-15-5-6-24-18(15)29/h7,14-15,17H,5-6,8-12H2,1-4H3,(H,24,29)(H,25,30)(H,26,31). The average Bonchev–Trinajstić information content (AvgIpc) is 3.28. The van der Waals surface area contributed by atoms with E-state index in [0.29, 0.717) is 31.1 Å². The molecule has 4 aliphatic rings. The van der Waals surface area contributed by atoms with Gasteiger partial charge in [0.25, 0.3) is 11.8 Å². The molecule has 2 heterocycles. The van der Waals surface area contributed by atoms with Gasteiger partial charge in [-0.15, -0.1) is 0 Å². The van der Waals surface area contributed by atoms with Crippen molar-refractivity contribution in [3.05, 3.63) is 17.5 Å². The number of hydrogen-bond donors (Lipinski definition) is 3. The van der Waals surface area contributed by atoms with Crippen LogP contribution in [0.25, 0.3) is 0 Å². The van der Waals surface area contributed by atoms with Crippen molar-refractivity contribution in [2.24, 2.45) is 17.3 Å². The smallest absolute Gasteiger partial charge is 0.429 e. The summed E-state index contributed by atoms with van der Waals surface area (Å²) in [4.78, 5) is 51.1. The fourth-order valence-corrected chi connectivity index (χ4v) is 4.99. The summed E-state index contributed by atoms with van der Waals surface area (Å²) in [5.41, 5.74) is 1.96. The predicted octanol–water partition coefficient (Wildman–Crippen LogP) is 1.68. The molecule has 186 valence electrons. The number of carbonyl (C=O) groups excluding carboxylic acids is 4. The molecule has 3 N–H and O–H groups in total. The van der Waals surface area contributed by atoms with E-state index in [2.05, 4.69) is 21.2 Å². The van der Waals surface area contributed by atoms with Crippen molar-refractivity contribution in [2.75, 3.05) is 13.1 Å². The van der Waals surface area contributed by atoms with E-state index in [1.54, 1.807) is 27.7 Å². The lowest BCUT2D eigenvalue weighted by atomic mass is 9.43. The highest BCUT2D eigenvalue weighted by atomic mass is 16.6. The van der Waals surface area contributed by atoms with Gasteiger partial charge in [0.1, 0.15) is 17.4 Å². The third kappa shape index (κ3) is 5.34. The molecule has 1 aliphatic heterocycles. The Morgan fingerprint density at radius 3 is 2.53 bits per heavy atom. The molecule has 3 saturated carbocycles. The first-order valence-corrected chi connectivity index (χ1v) is 11.8. The second-order valence-corrected chi connectivity index (χ2v) is 10.9. The van der Waals surface area contributed by atoms with Gasteiger partial charge in [0.2, 0.25) is 5.91 Å². The summed E-state index contributed by atoms with van der Waals surface area (Å²) in [5.74, 6) is -0.516. The van der Waals surface area contributed by atoms with E-state index in [0.717, 1.165) is 24.3 Å². The number of aromatic nitrogens is 1. The molecule has 11 nitrogen and oxygen atoms in total. The van der Waals surface area contributed by atoms with Crippen molar-refractivity contribution in [1.29, 1.82) is 0 Å². The van der Waals surface area contributed by atoms with E-state index < -0.39 is 35.5 Å². The van der Waals surface area contributed by atoms with Crippen LogP contribution in [-0.2, 0) is 14.3 Å². The van der Waals surface area contributed by atoms with E-state index in [-0.39, 0.29) is 23.6 Å². The number of nitrogens with one attached hydrogen (secondary N) is 3. The van der Waals surface area contributed by atoms with Gasteiger partial charge in [-0.1, -0.05) is 5.16 Å². The maximum atomic E-state index is 13.4. The van der Waals surface area contributed by atoms with Crippen molar-refractivity contribution >= 4 is 23.8 Å². The molecule has 11 heteroatoms. The maximum Gasteiger partial charge on any atom is 0.429 e. The van der Waals surface area contributed by atoms with Crippen LogP contribution in [0.5, 0.6) is 0 Å². The number of aryl methyl sites for hydroxylation is 1. The Labute approximate surface area is 198 Å². The number of ether oxygens (including phenoxy) is 1. The topological polar surface area (TPSA) is 143 Å². The minimum absolute atomic E-state index is 0.0249. The molecule has 2 unspecified atom stereocenters. The van der Waals surface area contributed by atoms with Crippen molar-refractivity contribution in [1.82, 2.24) is 26.2 Å². The van der Waals surface area contributed by atoms with Gasteiger partial charge in [-0.25, -0.2) is 9.80 Å². The molecule has 4 fully saturated rings. The Balaban J connectivity index is 1.48. The first-order valence-electron chi connectivity index (χ1n) is 11.8. The molecule has 1 saturated heterocycles. The molecule has 1 aromatic heterocycles. The second kappa shape index (κ2) is 8.92. The van der Waals surface area contributed by atoms with Gasteiger partial charge in [-0.3, -0.25) is 19.8 Å². The Morgan fingerprint density at radius 1 is 1.32 bits per heavy atom. The van der Waals surface area contributed by atoms with Crippen molar-refractivity contribution in [2.45, 2.75) is 71.4 Å². The molecule has 0 radical (unpaired) electrons. The number of amides is 4. The molecule has 2 atom stereocenters. The van der Waals surface area contributed by atoms with E-state index in [9.17, 15) is 19.2 Å². The summed E-state index contributed by atoms with van der Waals surface area (Å²) in [6.45, 7) is 7.33. The molecule has 4 amide bonds. The zero-order chi connectivity index (χ0) is 24.7. The number of nitrogens with zero attached hydrogens (tertiary/aromatic N) is 2. The van der Waals surface area contributed by atoms with Gasteiger partial charge in [0.15, 0.2) is 5.69 Å². The zero-order valence-corrected chi connectivity index (χ0v) is 20.1. The van der Waals surface area contributed by atoms with E-state index in [1.165, 1.54) is 6.07 Å². The van der Waals surface area contributed by atoms with Crippen LogP contribution in [0, 0.1) is 24.2 Å². The van der Waals surface area contributed by atoms with Crippen LogP contribution in [0.1, 0.15) is 69.1 Å². The van der Waals surface area contributed by atoms with Gasteiger partial charge in [0, 0.05) is 12.6 Å². The van der Waals surface area contributed by atoms with Crippen LogP contribution in [0.4, 0.5) is 4.79 Å². The summed E-state index contributed by atoms with van der Waals surface area (Å²) >= 11 is 0. The quantitative estimate of drug-likeness (QED) is 0.509. The first kappa shape index (κ1) is 24.0. The lowest BCUT2D eigenvalue weighted by Gasteiger charge is -2.63. The van der Waals surface area contributed by atoms with Gasteiger partial charge < -0.3 is 19.9 Å². The highest BCUT2D eigenvalue weighted by Gasteiger charge is 2.57. The monoisotopic (exact) mass is 475 g/mol. The van der Waals surface area contributed by atoms with Gasteiger partial charge in [-0.05, 0) is 71.1 Å².